The second kappa shape index (κ2) is 3.27. The molecule has 0 amide bonds. The number of epoxide rings is 1. The van der Waals surface area contributed by atoms with Crippen molar-refractivity contribution < 1.29 is 17.5 Å². The van der Waals surface area contributed by atoms with Crippen molar-refractivity contribution in [2.24, 2.45) is 0 Å². The molecule has 0 saturated carbocycles. The molecule has 8 heavy (non-hydrogen) atoms. The van der Waals surface area contributed by atoms with Crippen LogP contribution in [0.3, 0.4) is 0 Å². The Labute approximate surface area is 66.1 Å². The van der Waals surface area contributed by atoms with Crippen LogP contribution in [0.4, 0.5) is 0 Å². The van der Waals surface area contributed by atoms with E-state index in [2.05, 4.69) is 4.74 Å². The van der Waals surface area contributed by atoms with Gasteiger partial charge in [-0.2, -0.15) is 0 Å². The molecule has 1 rings (SSSR count). The summed E-state index contributed by atoms with van der Waals surface area (Å²) in [6, 6.07) is 0. The summed E-state index contributed by atoms with van der Waals surface area (Å²) in [4.78, 5) is 9.77. The fraction of sp³-hybridized carbons (Fsp3) is 0.750. The number of aliphatic carboxylic acids is 1. The minimum Gasteiger partial charge on any atom is -1.00 e. The first-order chi connectivity index (χ1) is 3.29. The van der Waals surface area contributed by atoms with Gasteiger partial charge >= 0.3 is 29.0 Å². The number of hydrogen-bond donors (Lipinski definition) is 1. The number of hydrogen-bond acceptors (Lipinski definition) is 2. The molecular weight excluding hydrogens is 120 g/mol. The molecule has 0 spiro atoms. The average molecular weight is 128 g/mol. The monoisotopic (exact) mass is 128 g/mol. The van der Waals surface area contributed by atoms with Gasteiger partial charge in [0.1, 0.15) is 0 Å². The Morgan fingerprint density at radius 3 is 2.62 bits per heavy atom. The van der Waals surface area contributed by atoms with E-state index < -0.39 is 5.97 Å². The van der Waals surface area contributed by atoms with Gasteiger partial charge in [-0.05, 0) is 0 Å². The third kappa shape index (κ3) is 3.23. The van der Waals surface area contributed by atoms with Crippen LogP contribution in [0.5, 0.6) is 0 Å². The van der Waals surface area contributed by atoms with Gasteiger partial charge in [0.15, 0.2) is 0 Å². The normalized spacial score (nSPS) is 23.8. The molecule has 1 aliphatic rings. The van der Waals surface area contributed by atoms with Crippen molar-refractivity contribution in [1.29, 1.82) is 0 Å². The molecule has 1 atom stereocenters. The molecule has 3 nitrogen and oxygen atoms in total. The van der Waals surface area contributed by atoms with E-state index in [4.69, 9.17) is 5.11 Å². The van der Waals surface area contributed by atoms with Gasteiger partial charge in [-0.25, -0.2) is 0 Å². The van der Waals surface area contributed by atoms with Crippen LogP contribution in [0.1, 0.15) is 9.27 Å². The number of carboxylic acid groups (broad SMARTS) is 1. The quantitative estimate of drug-likeness (QED) is 0.410. The third-order valence-electron chi connectivity index (χ3n) is 0.805. The summed E-state index contributed by atoms with van der Waals surface area (Å²) in [6.07, 6.45) is 0.192. The summed E-state index contributed by atoms with van der Waals surface area (Å²) >= 11 is 0. The Balaban J connectivity index is -0.000000163. The minimum atomic E-state index is -0.775. The van der Waals surface area contributed by atoms with Gasteiger partial charge in [-0.1, -0.05) is 0 Å². The van der Waals surface area contributed by atoms with Crippen LogP contribution >= 0.6 is 0 Å². The molecule has 0 bridgehead atoms. The smallest absolute Gasteiger partial charge is 1.00 e. The van der Waals surface area contributed by atoms with E-state index in [1.807, 2.05) is 0 Å². The molecule has 1 unspecified atom stereocenters. The maximum Gasteiger partial charge on any atom is 2.00 e. The standard InChI is InChI=1S/C4H6O3.Mg.2H/c5-4(6)1-3-2-7-3;;;/h3H,1-2H2,(H,5,6);;;/q;+2;2*-1. The molecule has 1 aliphatic heterocycles. The van der Waals surface area contributed by atoms with Crippen molar-refractivity contribution in [2.75, 3.05) is 6.61 Å². The minimum absolute atomic E-state index is 0. The van der Waals surface area contributed by atoms with Gasteiger partial charge in [-0.15, -0.1) is 0 Å². The SMILES string of the molecule is O=C(O)CC1CO1.[H-].[H-].[Mg+2]. The molecule has 1 fully saturated rings. The van der Waals surface area contributed by atoms with Crippen molar-refractivity contribution in [3.8, 4) is 0 Å². The van der Waals surface area contributed by atoms with E-state index in [0.29, 0.717) is 6.61 Å². The summed E-state index contributed by atoms with van der Waals surface area (Å²) < 4.78 is 4.64. The van der Waals surface area contributed by atoms with E-state index in [0.717, 1.165) is 0 Å². The first-order valence-electron chi connectivity index (χ1n) is 2.12. The Morgan fingerprint density at radius 1 is 2.00 bits per heavy atom. The van der Waals surface area contributed by atoms with Crippen molar-refractivity contribution in [3.63, 3.8) is 0 Å². The van der Waals surface area contributed by atoms with Crippen LogP contribution in [-0.4, -0.2) is 46.8 Å². The predicted molar refractivity (Wildman–Crippen MR) is 30.0 cm³/mol. The first-order valence-corrected chi connectivity index (χ1v) is 2.12. The van der Waals surface area contributed by atoms with Crippen LogP contribution in [0, 0.1) is 0 Å². The Bertz CT molecular complexity index is 96.5. The topological polar surface area (TPSA) is 49.8 Å². The summed E-state index contributed by atoms with van der Waals surface area (Å²) in [6.45, 7) is 0.631. The molecule has 44 valence electrons. The maximum atomic E-state index is 9.77. The fourth-order valence-corrected chi connectivity index (χ4v) is 0.381. The molecule has 4 heteroatoms. The van der Waals surface area contributed by atoms with Crippen LogP contribution in [-0.2, 0) is 9.53 Å². The first kappa shape index (κ1) is 8.20. The molecule has 1 saturated heterocycles. The van der Waals surface area contributed by atoms with Gasteiger partial charge in [0.25, 0.3) is 0 Å². The zero-order valence-electron chi connectivity index (χ0n) is 6.46. The number of ether oxygens (including phenoxy) is 1. The summed E-state index contributed by atoms with van der Waals surface area (Å²) in [5.74, 6) is -0.775. The van der Waals surface area contributed by atoms with Gasteiger partial charge in [0, 0.05) is 0 Å². The Kier molecular flexibility index (Phi) is 3.35. The molecule has 0 aromatic carbocycles. The van der Waals surface area contributed by atoms with Gasteiger partial charge in [0.05, 0.1) is 19.1 Å². The Morgan fingerprint density at radius 2 is 2.50 bits per heavy atom. The van der Waals surface area contributed by atoms with E-state index in [-0.39, 0.29) is 38.4 Å². The van der Waals surface area contributed by atoms with E-state index in [1.54, 1.807) is 0 Å². The third-order valence-corrected chi connectivity index (χ3v) is 0.805. The van der Waals surface area contributed by atoms with E-state index in [9.17, 15) is 4.79 Å². The molecule has 1 N–H and O–H groups in total. The fourth-order valence-electron chi connectivity index (χ4n) is 0.381. The van der Waals surface area contributed by atoms with Gasteiger partial charge in [0.2, 0.25) is 0 Å². The van der Waals surface area contributed by atoms with Crippen molar-refractivity contribution in [2.45, 2.75) is 12.5 Å². The maximum absolute atomic E-state index is 9.77. The van der Waals surface area contributed by atoms with Crippen LogP contribution in [0.2, 0.25) is 0 Å². The van der Waals surface area contributed by atoms with Crippen molar-refractivity contribution >= 4 is 29.0 Å². The predicted octanol–water partition coefficient (Wildman–Crippen LogP) is -0.296. The summed E-state index contributed by atoms with van der Waals surface area (Å²) in [5.41, 5.74) is 0. The second-order valence-corrected chi connectivity index (χ2v) is 1.55. The zero-order valence-corrected chi connectivity index (χ0v) is 5.88. The second-order valence-electron chi connectivity index (χ2n) is 1.55. The number of carbonyl (C=O) groups is 1. The van der Waals surface area contributed by atoms with Crippen LogP contribution in [0.25, 0.3) is 0 Å². The molecular formula is C4H8MgO3. The van der Waals surface area contributed by atoms with E-state index in [1.165, 1.54) is 0 Å². The van der Waals surface area contributed by atoms with Crippen molar-refractivity contribution in [3.05, 3.63) is 0 Å². The summed E-state index contributed by atoms with van der Waals surface area (Å²) in [5, 5.41) is 8.04. The van der Waals surface area contributed by atoms with E-state index >= 15 is 0 Å². The van der Waals surface area contributed by atoms with Crippen LogP contribution in [0.15, 0.2) is 0 Å². The Hall–Kier alpha value is 0.196. The molecule has 0 aromatic rings. The molecule has 1 heterocycles. The van der Waals surface area contributed by atoms with Gasteiger partial charge < -0.3 is 12.7 Å². The van der Waals surface area contributed by atoms with Crippen molar-refractivity contribution in [1.82, 2.24) is 0 Å². The zero-order chi connectivity index (χ0) is 5.28. The summed E-state index contributed by atoms with van der Waals surface area (Å²) in [7, 11) is 0. The van der Waals surface area contributed by atoms with Gasteiger partial charge in [-0.3, -0.25) is 4.79 Å². The average Bonchev–Trinajstić information content (AvgIpc) is 2.17. The number of carboxylic acids is 1. The molecule has 0 aromatic heterocycles. The molecule has 0 aliphatic carbocycles. The largest absolute Gasteiger partial charge is 2.00 e. The number of rotatable bonds is 2. The molecule has 0 radical (unpaired) electrons. The van der Waals surface area contributed by atoms with Crippen LogP contribution < -0.4 is 0 Å².